The molecule has 0 saturated carbocycles. The molecule has 1 unspecified atom stereocenters. The predicted molar refractivity (Wildman–Crippen MR) is 74.3 cm³/mol. The molecule has 0 saturated heterocycles. The third-order valence-electron chi connectivity index (χ3n) is 3.32. The fourth-order valence-corrected chi connectivity index (χ4v) is 2.17. The number of carboxylic acid groups (broad SMARTS) is 1. The van der Waals surface area contributed by atoms with Gasteiger partial charge in [0.1, 0.15) is 5.84 Å². The van der Waals surface area contributed by atoms with Gasteiger partial charge in [-0.3, -0.25) is 9.79 Å². The number of hydrogen-bond donors (Lipinski definition) is 2. The van der Waals surface area contributed by atoms with Crippen LogP contribution in [0.5, 0.6) is 0 Å². The third kappa shape index (κ3) is 3.32. The topological polar surface area (TPSA) is 78.9 Å². The summed E-state index contributed by atoms with van der Waals surface area (Å²) in [7, 11) is 2.03. The van der Waals surface area contributed by atoms with Gasteiger partial charge in [0.25, 0.3) is 0 Å². The number of amidine groups is 1. The Labute approximate surface area is 112 Å². The fourth-order valence-electron chi connectivity index (χ4n) is 2.17. The van der Waals surface area contributed by atoms with E-state index in [1.54, 1.807) is 0 Å². The Morgan fingerprint density at radius 1 is 1.47 bits per heavy atom. The van der Waals surface area contributed by atoms with Crippen molar-refractivity contribution in [3.63, 3.8) is 0 Å². The highest BCUT2D eigenvalue weighted by Crippen LogP contribution is 2.18. The molecule has 0 radical (unpaired) electrons. The molecule has 1 aliphatic heterocycles. The summed E-state index contributed by atoms with van der Waals surface area (Å²) >= 11 is 0. The number of benzene rings is 1. The van der Waals surface area contributed by atoms with Gasteiger partial charge in [-0.2, -0.15) is 0 Å². The second-order valence-corrected chi connectivity index (χ2v) is 4.79. The standard InChI is InChI=1S/C14H19N3O2/c1-17-9-8-16-14(17)11-4-2-10(3-5-11)12(15)6-7-13(18)19/h2-5,12H,6-9,15H2,1H3,(H,18,19). The van der Waals surface area contributed by atoms with E-state index >= 15 is 0 Å². The number of nitrogens with two attached hydrogens (primary N) is 1. The number of rotatable bonds is 5. The maximum atomic E-state index is 10.5. The molecule has 0 aromatic heterocycles. The van der Waals surface area contributed by atoms with E-state index in [9.17, 15) is 4.79 Å². The number of hydrogen-bond acceptors (Lipinski definition) is 4. The number of nitrogens with zero attached hydrogens (tertiary/aromatic N) is 2. The first-order chi connectivity index (χ1) is 9.08. The van der Waals surface area contributed by atoms with Crippen LogP contribution in [0.25, 0.3) is 0 Å². The predicted octanol–water partition coefficient (Wildman–Crippen LogP) is 1.24. The first-order valence-corrected chi connectivity index (χ1v) is 6.41. The van der Waals surface area contributed by atoms with E-state index < -0.39 is 5.97 Å². The lowest BCUT2D eigenvalue weighted by Gasteiger charge is -2.15. The minimum absolute atomic E-state index is 0.0956. The Balaban J connectivity index is 2.04. The first-order valence-electron chi connectivity index (χ1n) is 6.41. The highest BCUT2D eigenvalue weighted by molar-refractivity contribution is 5.99. The van der Waals surface area contributed by atoms with Crippen LogP contribution in [-0.4, -0.2) is 41.9 Å². The third-order valence-corrected chi connectivity index (χ3v) is 3.32. The summed E-state index contributed by atoms with van der Waals surface area (Å²) in [5.74, 6) is 0.194. The zero-order chi connectivity index (χ0) is 13.8. The van der Waals surface area contributed by atoms with Gasteiger partial charge in [0.15, 0.2) is 0 Å². The maximum absolute atomic E-state index is 10.5. The number of carboxylic acids is 1. The molecule has 0 spiro atoms. The molecule has 102 valence electrons. The number of likely N-dealkylation sites (N-methyl/N-ethyl adjacent to an activating group) is 1. The molecule has 1 heterocycles. The zero-order valence-corrected chi connectivity index (χ0v) is 11.0. The summed E-state index contributed by atoms with van der Waals surface area (Å²) in [5.41, 5.74) is 8.01. The molecule has 5 nitrogen and oxygen atoms in total. The Bertz CT molecular complexity index is 482. The fraction of sp³-hybridized carbons (Fsp3) is 0.429. The molecule has 1 atom stereocenters. The van der Waals surface area contributed by atoms with Gasteiger partial charge in [-0.05, 0) is 12.0 Å². The van der Waals surface area contributed by atoms with Gasteiger partial charge in [-0.15, -0.1) is 0 Å². The van der Waals surface area contributed by atoms with Gasteiger partial charge in [-0.1, -0.05) is 24.3 Å². The molecule has 3 N–H and O–H groups in total. The summed E-state index contributed by atoms with van der Waals surface area (Å²) in [6.07, 6.45) is 0.549. The maximum Gasteiger partial charge on any atom is 0.303 e. The molecule has 0 fully saturated rings. The van der Waals surface area contributed by atoms with Gasteiger partial charge in [0.2, 0.25) is 0 Å². The molecule has 0 aliphatic carbocycles. The van der Waals surface area contributed by atoms with Crippen molar-refractivity contribution in [2.75, 3.05) is 20.1 Å². The van der Waals surface area contributed by atoms with Crippen LogP contribution >= 0.6 is 0 Å². The highest BCUT2D eigenvalue weighted by Gasteiger charge is 2.15. The Morgan fingerprint density at radius 3 is 2.68 bits per heavy atom. The van der Waals surface area contributed by atoms with Crippen molar-refractivity contribution in [1.29, 1.82) is 0 Å². The van der Waals surface area contributed by atoms with E-state index in [1.807, 2.05) is 31.3 Å². The summed E-state index contributed by atoms with van der Waals surface area (Å²) in [4.78, 5) is 17.1. The van der Waals surface area contributed by atoms with Crippen molar-refractivity contribution < 1.29 is 9.90 Å². The number of aliphatic carboxylic acids is 1. The largest absolute Gasteiger partial charge is 0.481 e. The van der Waals surface area contributed by atoms with E-state index in [4.69, 9.17) is 10.8 Å². The lowest BCUT2D eigenvalue weighted by molar-refractivity contribution is -0.137. The van der Waals surface area contributed by atoms with Crippen LogP contribution in [0, 0.1) is 0 Å². The lowest BCUT2D eigenvalue weighted by atomic mass is 10.0. The number of carbonyl (C=O) groups is 1. The normalized spacial score (nSPS) is 16.3. The average Bonchev–Trinajstić information content (AvgIpc) is 2.82. The molecule has 5 heteroatoms. The van der Waals surface area contributed by atoms with E-state index in [-0.39, 0.29) is 12.5 Å². The monoisotopic (exact) mass is 261 g/mol. The van der Waals surface area contributed by atoms with E-state index in [1.165, 1.54) is 0 Å². The van der Waals surface area contributed by atoms with E-state index in [0.717, 1.165) is 30.1 Å². The van der Waals surface area contributed by atoms with Gasteiger partial charge in [-0.25, -0.2) is 0 Å². The quantitative estimate of drug-likeness (QED) is 0.836. The van der Waals surface area contributed by atoms with Crippen molar-refractivity contribution in [2.45, 2.75) is 18.9 Å². The van der Waals surface area contributed by atoms with E-state index in [2.05, 4.69) is 9.89 Å². The Morgan fingerprint density at radius 2 is 2.16 bits per heavy atom. The molecular formula is C14H19N3O2. The summed E-state index contributed by atoms with van der Waals surface area (Å²) in [6.45, 7) is 1.79. The first kappa shape index (κ1) is 13.5. The molecule has 0 bridgehead atoms. The van der Waals surface area contributed by atoms with Crippen LogP contribution in [0.3, 0.4) is 0 Å². The minimum atomic E-state index is -0.811. The zero-order valence-electron chi connectivity index (χ0n) is 11.0. The molecule has 1 aromatic carbocycles. The van der Waals surface area contributed by atoms with Crippen LogP contribution in [0.2, 0.25) is 0 Å². The summed E-state index contributed by atoms with van der Waals surface area (Å²) in [5, 5.41) is 8.65. The Kier molecular flexibility index (Phi) is 4.16. The van der Waals surface area contributed by atoms with Crippen molar-refractivity contribution in [3.05, 3.63) is 35.4 Å². The molecule has 0 amide bonds. The van der Waals surface area contributed by atoms with Crippen molar-refractivity contribution >= 4 is 11.8 Å². The summed E-state index contributed by atoms with van der Waals surface area (Å²) < 4.78 is 0. The SMILES string of the molecule is CN1CCN=C1c1ccc(C(N)CCC(=O)O)cc1. The second-order valence-electron chi connectivity index (χ2n) is 4.79. The van der Waals surface area contributed by atoms with Crippen LogP contribution < -0.4 is 5.73 Å². The summed E-state index contributed by atoms with van der Waals surface area (Å²) in [6, 6.07) is 7.67. The van der Waals surface area contributed by atoms with Crippen LogP contribution in [-0.2, 0) is 4.79 Å². The molecule has 19 heavy (non-hydrogen) atoms. The lowest BCUT2D eigenvalue weighted by Crippen LogP contribution is -2.23. The van der Waals surface area contributed by atoms with Crippen molar-refractivity contribution in [3.8, 4) is 0 Å². The molecule has 1 aromatic rings. The van der Waals surface area contributed by atoms with E-state index in [0.29, 0.717) is 6.42 Å². The average molecular weight is 261 g/mol. The van der Waals surface area contributed by atoms with Gasteiger partial charge in [0, 0.05) is 31.6 Å². The second kappa shape index (κ2) is 5.84. The molecule has 1 aliphatic rings. The van der Waals surface area contributed by atoms with Crippen LogP contribution in [0.4, 0.5) is 0 Å². The van der Waals surface area contributed by atoms with Crippen molar-refractivity contribution in [2.24, 2.45) is 10.7 Å². The smallest absolute Gasteiger partial charge is 0.303 e. The minimum Gasteiger partial charge on any atom is -0.481 e. The van der Waals surface area contributed by atoms with Crippen molar-refractivity contribution in [1.82, 2.24) is 4.90 Å². The molecular weight excluding hydrogens is 242 g/mol. The Hall–Kier alpha value is -1.88. The van der Waals surface area contributed by atoms with Crippen LogP contribution in [0.15, 0.2) is 29.3 Å². The van der Waals surface area contributed by atoms with Gasteiger partial charge >= 0.3 is 5.97 Å². The van der Waals surface area contributed by atoms with Crippen LogP contribution in [0.1, 0.15) is 30.0 Å². The highest BCUT2D eigenvalue weighted by atomic mass is 16.4. The molecule has 2 rings (SSSR count). The number of aliphatic imine (C=N–C) groups is 1. The van der Waals surface area contributed by atoms with Gasteiger partial charge < -0.3 is 15.7 Å². The van der Waals surface area contributed by atoms with Gasteiger partial charge in [0.05, 0.1) is 6.54 Å².